The zero-order valence-corrected chi connectivity index (χ0v) is 4.83. The lowest BCUT2D eigenvalue weighted by Gasteiger charge is -2.07. The zero-order valence-electron chi connectivity index (χ0n) is 4.83. The van der Waals surface area contributed by atoms with E-state index in [0.29, 0.717) is 0 Å². The predicted molar refractivity (Wildman–Crippen MR) is 32.0 cm³/mol. The molecule has 0 aromatic carbocycles. The minimum Gasteiger partial charge on any atom is -0.384 e. The number of hydrogen-bond donors (Lipinski definition) is 2. The Morgan fingerprint density at radius 3 is 2.50 bits per heavy atom. The van der Waals surface area contributed by atoms with Gasteiger partial charge in [-0.15, -0.1) is 0 Å². The maximum absolute atomic E-state index is 8.54. The van der Waals surface area contributed by atoms with Gasteiger partial charge in [-0.2, -0.15) is 0 Å². The molecule has 0 atom stereocenters. The minimum absolute atomic E-state index is 0.278. The summed E-state index contributed by atoms with van der Waals surface area (Å²) in [6.45, 7) is 3.39. The molecular formula is C5H10N2O. The van der Waals surface area contributed by atoms with Crippen LogP contribution in [0.15, 0.2) is 24.6 Å². The van der Waals surface area contributed by atoms with Gasteiger partial charge in [-0.1, -0.05) is 12.7 Å². The average molecular weight is 114 g/mol. The summed E-state index contributed by atoms with van der Waals surface area (Å²) in [6, 6.07) is 0. The smallest absolute Gasteiger partial charge is 0.123 e. The molecule has 0 spiro atoms. The van der Waals surface area contributed by atoms with Crippen molar-refractivity contribution < 1.29 is 5.21 Å². The van der Waals surface area contributed by atoms with Crippen molar-refractivity contribution >= 4 is 0 Å². The second kappa shape index (κ2) is 3.10. The number of nitrogens with zero attached hydrogens (tertiary/aromatic N) is 1. The standard InChI is InChI=1S/C5H10N2O/c1-3-4-5(6)7(2)8/h3-4,8H,1,6H2,2H3/b5-4-. The van der Waals surface area contributed by atoms with Gasteiger partial charge < -0.3 is 5.73 Å². The van der Waals surface area contributed by atoms with Gasteiger partial charge >= 0.3 is 0 Å². The van der Waals surface area contributed by atoms with E-state index >= 15 is 0 Å². The normalized spacial score (nSPS) is 11.0. The Balaban J connectivity index is 3.78. The van der Waals surface area contributed by atoms with Gasteiger partial charge in [0, 0.05) is 7.05 Å². The van der Waals surface area contributed by atoms with Crippen LogP contribution >= 0.6 is 0 Å². The zero-order chi connectivity index (χ0) is 6.57. The summed E-state index contributed by atoms with van der Waals surface area (Å²) in [6.07, 6.45) is 3.00. The van der Waals surface area contributed by atoms with Gasteiger partial charge in [0.2, 0.25) is 0 Å². The van der Waals surface area contributed by atoms with E-state index in [9.17, 15) is 0 Å². The van der Waals surface area contributed by atoms with Crippen molar-refractivity contribution in [2.75, 3.05) is 7.05 Å². The molecule has 3 nitrogen and oxygen atoms in total. The first-order valence-electron chi connectivity index (χ1n) is 2.19. The van der Waals surface area contributed by atoms with E-state index < -0.39 is 0 Å². The number of hydrogen-bond acceptors (Lipinski definition) is 3. The molecule has 0 aliphatic heterocycles. The van der Waals surface area contributed by atoms with Crippen LogP contribution in [0.1, 0.15) is 0 Å². The molecule has 0 aromatic rings. The van der Waals surface area contributed by atoms with Crippen molar-refractivity contribution in [3.8, 4) is 0 Å². The molecule has 0 amide bonds. The third kappa shape index (κ3) is 2.25. The first kappa shape index (κ1) is 7.04. The number of allylic oxidation sites excluding steroid dienone is 2. The summed E-state index contributed by atoms with van der Waals surface area (Å²) in [5.74, 6) is 0.278. The molecule has 0 rings (SSSR count). The summed E-state index contributed by atoms with van der Waals surface area (Å²) in [5, 5.41) is 9.37. The SMILES string of the molecule is C=C/C=C(/N)N(C)O. The van der Waals surface area contributed by atoms with Crippen molar-refractivity contribution in [3.05, 3.63) is 24.6 Å². The molecule has 0 fully saturated rings. The number of rotatable bonds is 2. The first-order valence-corrected chi connectivity index (χ1v) is 2.19. The van der Waals surface area contributed by atoms with Crippen LogP contribution in [0.25, 0.3) is 0 Å². The molecule has 0 unspecified atom stereocenters. The van der Waals surface area contributed by atoms with Crippen molar-refractivity contribution in [2.45, 2.75) is 0 Å². The van der Waals surface area contributed by atoms with Crippen LogP contribution in [0, 0.1) is 0 Å². The highest BCUT2D eigenvalue weighted by Gasteiger charge is 1.87. The highest BCUT2D eigenvalue weighted by atomic mass is 16.5. The Labute approximate surface area is 48.7 Å². The molecule has 0 aromatic heterocycles. The molecule has 3 heteroatoms. The monoisotopic (exact) mass is 114 g/mol. The van der Waals surface area contributed by atoms with Crippen LogP contribution in [0.4, 0.5) is 0 Å². The quantitative estimate of drug-likeness (QED) is 0.401. The molecule has 0 radical (unpaired) electrons. The molecule has 3 N–H and O–H groups in total. The first-order chi connectivity index (χ1) is 3.68. The van der Waals surface area contributed by atoms with Gasteiger partial charge in [-0.3, -0.25) is 5.21 Å². The second-order valence-corrected chi connectivity index (χ2v) is 1.35. The van der Waals surface area contributed by atoms with E-state index in [1.165, 1.54) is 19.2 Å². The maximum Gasteiger partial charge on any atom is 0.123 e. The van der Waals surface area contributed by atoms with Gasteiger partial charge in [0.25, 0.3) is 0 Å². The topological polar surface area (TPSA) is 49.5 Å². The Hall–Kier alpha value is -0.960. The molecule has 0 aliphatic rings. The molecular weight excluding hydrogens is 104 g/mol. The third-order valence-electron chi connectivity index (χ3n) is 0.662. The van der Waals surface area contributed by atoms with Crippen molar-refractivity contribution in [3.63, 3.8) is 0 Å². The summed E-state index contributed by atoms with van der Waals surface area (Å²) in [4.78, 5) is 0. The van der Waals surface area contributed by atoms with Gasteiger partial charge in [-0.05, 0) is 6.08 Å². The lowest BCUT2D eigenvalue weighted by molar-refractivity contribution is -0.0294. The van der Waals surface area contributed by atoms with Crippen LogP contribution in [-0.4, -0.2) is 17.3 Å². The molecule has 0 saturated heterocycles. The minimum atomic E-state index is 0.278. The van der Waals surface area contributed by atoms with Gasteiger partial charge in [-0.25, -0.2) is 5.06 Å². The number of nitrogens with two attached hydrogens (primary N) is 1. The second-order valence-electron chi connectivity index (χ2n) is 1.35. The van der Waals surface area contributed by atoms with E-state index in [4.69, 9.17) is 10.9 Å². The van der Waals surface area contributed by atoms with Crippen molar-refractivity contribution in [1.29, 1.82) is 0 Å². The van der Waals surface area contributed by atoms with Crippen LogP contribution in [-0.2, 0) is 0 Å². The Morgan fingerprint density at radius 1 is 1.88 bits per heavy atom. The lowest BCUT2D eigenvalue weighted by Crippen LogP contribution is -2.18. The van der Waals surface area contributed by atoms with Crippen LogP contribution in [0.3, 0.4) is 0 Å². The van der Waals surface area contributed by atoms with Gasteiger partial charge in [0.15, 0.2) is 0 Å². The summed E-state index contributed by atoms with van der Waals surface area (Å²) in [5.41, 5.74) is 5.19. The van der Waals surface area contributed by atoms with Crippen molar-refractivity contribution in [2.24, 2.45) is 5.73 Å². The highest BCUT2D eigenvalue weighted by molar-refractivity contribution is 5.03. The van der Waals surface area contributed by atoms with Crippen LogP contribution in [0.5, 0.6) is 0 Å². The van der Waals surface area contributed by atoms with Gasteiger partial charge in [0.05, 0.1) is 0 Å². The molecule has 0 heterocycles. The fraction of sp³-hybridized carbons (Fsp3) is 0.200. The van der Waals surface area contributed by atoms with Gasteiger partial charge in [0.1, 0.15) is 5.82 Å². The lowest BCUT2D eigenvalue weighted by atomic mass is 10.5. The molecule has 0 aliphatic carbocycles. The van der Waals surface area contributed by atoms with E-state index in [1.54, 1.807) is 0 Å². The summed E-state index contributed by atoms with van der Waals surface area (Å²) in [7, 11) is 1.44. The Morgan fingerprint density at radius 2 is 2.38 bits per heavy atom. The third-order valence-corrected chi connectivity index (χ3v) is 0.662. The van der Waals surface area contributed by atoms with E-state index in [2.05, 4.69) is 6.58 Å². The summed E-state index contributed by atoms with van der Waals surface area (Å²) >= 11 is 0. The predicted octanol–water partition coefficient (Wildman–Crippen LogP) is 0.293. The molecule has 8 heavy (non-hydrogen) atoms. The van der Waals surface area contributed by atoms with Crippen LogP contribution < -0.4 is 5.73 Å². The summed E-state index contributed by atoms with van der Waals surface area (Å²) < 4.78 is 0. The number of hydroxylamine groups is 2. The Bertz CT molecular complexity index is 107. The molecule has 0 saturated carbocycles. The average Bonchev–Trinajstić information content (AvgIpc) is 1.67. The fourth-order valence-corrected chi connectivity index (χ4v) is 0.229. The van der Waals surface area contributed by atoms with Crippen molar-refractivity contribution in [1.82, 2.24) is 5.06 Å². The van der Waals surface area contributed by atoms with E-state index in [-0.39, 0.29) is 5.82 Å². The fourth-order valence-electron chi connectivity index (χ4n) is 0.229. The van der Waals surface area contributed by atoms with Crippen LogP contribution in [0.2, 0.25) is 0 Å². The van der Waals surface area contributed by atoms with E-state index in [0.717, 1.165) is 5.06 Å². The highest BCUT2D eigenvalue weighted by Crippen LogP contribution is 1.85. The largest absolute Gasteiger partial charge is 0.384 e. The van der Waals surface area contributed by atoms with E-state index in [1.807, 2.05) is 0 Å². The molecule has 46 valence electrons. The molecule has 0 bridgehead atoms. The maximum atomic E-state index is 8.54. The Kier molecular flexibility index (Phi) is 2.72.